The number of nitrogens with one attached hydrogen (secondary N) is 1. The molecule has 31 heavy (non-hydrogen) atoms. The van der Waals surface area contributed by atoms with Crippen molar-refractivity contribution < 1.29 is 0 Å². The average Bonchev–Trinajstić information content (AvgIpc) is 3.43. The fourth-order valence-corrected chi connectivity index (χ4v) is 3.49. The van der Waals surface area contributed by atoms with Crippen molar-refractivity contribution in [2.45, 2.75) is 39.8 Å². The second-order valence-electron chi connectivity index (χ2n) is 7.10. The van der Waals surface area contributed by atoms with E-state index in [9.17, 15) is 4.79 Å². The second kappa shape index (κ2) is 9.22. The molecule has 2 aromatic carbocycles. The summed E-state index contributed by atoms with van der Waals surface area (Å²) in [5.41, 5.74) is 3.87. The number of rotatable bonds is 7. The lowest BCUT2D eigenvalue weighted by Gasteiger charge is -2.09. The van der Waals surface area contributed by atoms with E-state index in [2.05, 4.69) is 44.5 Å². The highest BCUT2D eigenvalue weighted by atomic mass is 16.2. The number of aromatic nitrogens is 7. The molecule has 8 heteroatoms. The summed E-state index contributed by atoms with van der Waals surface area (Å²) in [6, 6.07) is 16.1. The SMILES string of the molecule is CC#CCn1nc(CCC)n(Cc2ccc(-c3ccccc3-c3nn[nH]n3)cc2)c1=O. The molecule has 2 aromatic heterocycles. The fourth-order valence-electron chi connectivity index (χ4n) is 3.49. The zero-order valence-electron chi connectivity index (χ0n) is 17.5. The van der Waals surface area contributed by atoms with E-state index in [-0.39, 0.29) is 5.69 Å². The van der Waals surface area contributed by atoms with Crippen molar-refractivity contribution in [3.8, 4) is 34.4 Å². The summed E-state index contributed by atoms with van der Waals surface area (Å²) in [4.78, 5) is 12.8. The van der Waals surface area contributed by atoms with Crippen LogP contribution < -0.4 is 5.69 Å². The van der Waals surface area contributed by atoms with Crippen molar-refractivity contribution in [3.63, 3.8) is 0 Å². The largest absolute Gasteiger partial charge is 0.347 e. The predicted octanol–water partition coefficient (Wildman–Crippen LogP) is 2.92. The molecule has 0 aliphatic rings. The number of hydrogen-bond acceptors (Lipinski definition) is 5. The maximum Gasteiger partial charge on any atom is 0.347 e. The van der Waals surface area contributed by atoms with Gasteiger partial charge in [-0.25, -0.2) is 9.48 Å². The first-order valence-corrected chi connectivity index (χ1v) is 10.2. The van der Waals surface area contributed by atoms with Crippen molar-refractivity contribution in [2.75, 3.05) is 0 Å². The van der Waals surface area contributed by atoms with Gasteiger partial charge in [-0.3, -0.25) is 4.57 Å². The minimum atomic E-state index is -0.127. The van der Waals surface area contributed by atoms with Gasteiger partial charge >= 0.3 is 5.69 Å². The highest BCUT2D eigenvalue weighted by Gasteiger charge is 2.14. The minimum Gasteiger partial charge on any atom is -0.274 e. The molecule has 4 rings (SSSR count). The molecule has 0 atom stereocenters. The monoisotopic (exact) mass is 413 g/mol. The smallest absolute Gasteiger partial charge is 0.274 e. The molecule has 0 saturated carbocycles. The van der Waals surface area contributed by atoms with E-state index < -0.39 is 0 Å². The van der Waals surface area contributed by atoms with E-state index in [0.29, 0.717) is 18.9 Å². The van der Waals surface area contributed by atoms with Crippen LogP contribution >= 0.6 is 0 Å². The van der Waals surface area contributed by atoms with E-state index in [4.69, 9.17) is 0 Å². The third-order valence-electron chi connectivity index (χ3n) is 5.00. The van der Waals surface area contributed by atoms with Crippen LogP contribution in [0.3, 0.4) is 0 Å². The summed E-state index contributed by atoms with van der Waals surface area (Å²) in [5, 5.41) is 18.8. The third kappa shape index (κ3) is 4.31. The van der Waals surface area contributed by atoms with Crippen LogP contribution in [0.4, 0.5) is 0 Å². The zero-order valence-corrected chi connectivity index (χ0v) is 17.5. The molecular weight excluding hydrogens is 390 g/mol. The highest BCUT2D eigenvalue weighted by molar-refractivity contribution is 5.80. The van der Waals surface area contributed by atoms with Gasteiger partial charge in [0.1, 0.15) is 12.4 Å². The van der Waals surface area contributed by atoms with Crippen molar-refractivity contribution in [3.05, 3.63) is 70.4 Å². The Kier molecular flexibility index (Phi) is 6.03. The Morgan fingerprint density at radius 2 is 1.84 bits per heavy atom. The van der Waals surface area contributed by atoms with E-state index in [1.165, 1.54) is 4.68 Å². The second-order valence-corrected chi connectivity index (χ2v) is 7.10. The Morgan fingerprint density at radius 1 is 1.06 bits per heavy atom. The number of aromatic amines is 1. The summed E-state index contributed by atoms with van der Waals surface area (Å²) >= 11 is 0. The lowest BCUT2D eigenvalue weighted by Crippen LogP contribution is -2.25. The van der Waals surface area contributed by atoms with Gasteiger partial charge in [0.15, 0.2) is 0 Å². The molecule has 4 aromatic rings. The molecule has 2 heterocycles. The lowest BCUT2D eigenvalue weighted by atomic mass is 9.98. The highest BCUT2D eigenvalue weighted by Crippen LogP contribution is 2.29. The molecule has 156 valence electrons. The lowest BCUT2D eigenvalue weighted by molar-refractivity contribution is 0.657. The molecule has 0 spiro atoms. The van der Waals surface area contributed by atoms with Crippen molar-refractivity contribution in [2.24, 2.45) is 0 Å². The molecule has 0 aliphatic heterocycles. The number of hydrogen-bond donors (Lipinski definition) is 1. The Labute approximate surface area is 179 Å². The van der Waals surface area contributed by atoms with Gasteiger partial charge in [0, 0.05) is 12.0 Å². The van der Waals surface area contributed by atoms with Crippen molar-refractivity contribution in [1.29, 1.82) is 0 Å². The van der Waals surface area contributed by atoms with E-state index in [1.807, 2.05) is 48.5 Å². The zero-order chi connectivity index (χ0) is 21.6. The van der Waals surface area contributed by atoms with Crippen LogP contribution in [0.15, 0.2) is 53.3 Å². The molecular formula is C23H23N7O. The van der Waals surface area contributed by atoms with Crippen LogP contribution in [0.2, 0.25) is 0 Å². The Morgan fingerprint density at radius 3 is 2.52 bits per heavy atom. The first kappa shape index (κ1) is 20.3. The van der Waals surface area contributed by atoms with Crippen molar-refractivity contribution >= 4 is 0 Å². The Bertz CT molecular complexity index is 1270. The number of tetrazole rings is 1. The van der Waals surface area contributed by atoms with Crippen LogP contribution in [-0.2, 0) is 19.5 Å². The fraction of sp³-hybridized carbons (Fsp3) is 0.261. The van der Waals surface area contributed by atoms with Crippen LogP contribution in [0.1, 0.15) is 31.7 Å². The van der Waals surface area contributed by atoms with Crippen molar-refractivity contribution in [1.82, 2.24) is 35.0 Å². The summed E-state index contributed by atoms with van der Waals surface area (Å²) < 4.78 is 3.18. The molecule has 0 aliphatic carbocycles. The van der Waals surface area contributed by atoms with Crippen LogP contribution in [0.5, 0.6) is 0 Å². The molecule has 8 nitrogen and oxygen atoms in total. The first-order valence-electron chi connectivity index (χ1n) is 10.2. The van der Waals surface area contributed by atoms with Gasteiger partial charge in [-0.05, 0) is 35.2 Å². The molecule has 0 radical (unpaired) electrons. The maximum atomic E-state index is 12.8. The number of H-pyrrole nitrogens is 1. The average molecular weight is 413 g/mol. The van der Waals surface area contributed by atoms with Crippen LogP contribution in [0, 0.1) is 11.8 Å². The van der Waals surface area contributed by atoms with E-state index in [0.717, 1.165) is 40.9 Å². The van der Waals surface area contributed by atoms with Gasteiger partial charge in [-0.1, -0.05) is 61.4 Å². The number of aryl methyl sites for hydroxylation is 1. The third-order valence-corrected chi connectivity index (χ3v) is 5.00. The summed E-state index contributed by atoms with van der Waals surface area (Å²) in [6.45, 7) is 4.62. The topological polar surface area (TPSA) is 94.3 Å². The molecule has 0 bridgehead atoms. The van der Waals surface area contributed by atoms with E-state index in [1.54, 1.807) is 11.5 Å². The van der Waals surface area contributed by atoms with Gasteiger partial charge in [-0.2, -0.15) is 10.3 Å². The number of benzene rings is 2. The molecule has 0 fully saturated rings. The normalized spacial score (nSPS) is 10.6. The maximum absolute atomic E-state index is 12.8. The molecule has 0 unspecified atom stereocenters. The quantitative estimate of drug-likeness (QED) is 0.470. The minimum absolute atomic E-state index is 0.127. The summed E-state index contributed by atoms with van der Waals surface area (Å²) in [7, 11) is 0. The van der Waals surface area contributed by atoms with Gasteiger partial charge in [0.2, 0.25) is 5.82 Å². The standard InChI is InChI=1S/C23H23N7O/c1-3-5-15-30-23(31)29(21(26-30)8-4-2)16-17-11-13-18(14-12-17)19-9-6-7-10-20(19)22-24-27-28-25-22/h6-7,9-14H,4,8,15-16H2,1-2H3,(H,24,25,27,28). The predicted molar refractivity (Wildman–Crippen MR) is 118 cm³/mol. The van der Waals surface area contributed by atoms with Gasteiger partial charge < -0.3 is 0 Å². The van der Waals surface area contributed by atoms with Crippen LogP contribution in [0.25, 0.3) is 22.5 Å². The first-order chi connectivity index (χ1) is 15.2. The Balaban J connectivity index is 1.63. The Hall–Kier alpha value is -3.99. The molecule has 0 saturated heterocycles. The van der Waals surface area contributed by atoms with Gasteiger partial charge in [0.25, 0.3) is 0 Å². The summed E-state index contributed by atoms with van der Waals surface area (Å²) in [6.07, 6.45) is 1.67. The number of nitrogens with zero attached hydrogens (tertiary/aromatic N) is 6. The van der Waals surface area contributed by atoms with Gasteiger partial charge in [-0.15, -0.1) is 16.1 Å². The molecule has 1 N–H and O–H groups in total. The molecule has 0 amide bonds. The van der Waals surface area contributed by atoms with Gasteiger partial charge in [0.05, 0.1) is 6.54 Å². The summed E-state index contributed by atoms with van der Waals surface area (Å²) in [5.74, 6) is 7.07. The van der Waals surface area contributed by atoms with E-state index >= 15 is 0 Å². The van der Waals surface area contributed by atoms with Crippen LogP contribution in [-0.4, -0.2) is 35.0 Å².